The van der Waals surface area contributed by atoms with Gasteiger partial charge < -0.3 is 4.74 Å². The summed E-state index contributed by atoms with van der Waals surface area (Å²) in [6, 6.07) is 5.63. The molecule has 0 bridgehead atoms. The Morgan fingerprint density at radius 3 is 2.43 bits per heavy atom. The second-order valence-electron chi connectivity index (χ2n) is 7.11. The fourth-order valence-electron chi connectivity index (χ4n) is 3.79. The highest BCUT2D eigenvalue weighted by atomic mass is 19.1. The van der Waals surface area contributed by atoms with Crippen LogP contribution in [0.3, 0.4) is 0 Å². The van der Waals surface area contributed by atoms with Gasteiger partial charge in [0.25, 0.3) is 0 Å². The Balaban J connectivity index is 1.82. The number of hydrogen-bond donors (Lipinski definition) is 0. The van der Waals surface area contributed by atoms with Crippen LogP contribution < -0.4 is 4.74 Å². The molecule has 0 atom stereocenters. The molecule has 0 amide bonds. The van der Waals surface area contributed by atoms with Crippen molar-refractivity contribution in [1.29, 1.82) is 0 Å². The molecule has 1 nitrogen and oxygen atoms in total. The topological polar surface area (TPSA) is 9.23 Å². The highest BCUT2D eigenvalue weighted by molar-refractivity contribution is 5.31. The predicted molar refractivity (Wildman–Crippen MR) is 95.6 cm³/mol. The summed E-state index contributed by atoms with van der Waals surface area (Å²) in [6.07, 6.45) is 12.3. The first-order valence-corrected chi connectivity index (χ1v) is 9.66. The summed E-state index contributed by atoms with van der Waals surface area (Å²) in [6.45, 7) is 5.08. The lowest BCUT2D eigenvalue weighted by atomic mass is 9.77. The molecule has 0 heterocycles. The van der Waals surface area contributed by atoms with Crippen molar-refractivity contribution in [2.24, 2.45) is 5.92 Å². The summed E-state index contributed by atoms with van der Waals surface area (Å²) in [5, 5.41) is 0. The quantitative estimate of drug-likeness (QED) is 0.452. The lowest BCUT2D eigenvalue weighted by Crippen LogP contribution is -2.13. The molecule has 0 radical (unpaired) electrons. The lowest BCUT2D eigenvalue weighted by molar-refractivity contribution is 0.288. The van der Waals surface area contributed by atoms with Crippen LogP contribution in [-0.2, 0) is 0 Å². The van der Waals surface area contributed by atoms with Gasteiger partial charge >= 0.3 is 0 Å². The van der Waals surface area contributed by atoms with Crippen LogP contribution >= 0.6 is 0 Å². The Kier molecular flexibility index (Phi) is 7.91. The van der Waals surface area contributed by atoms with Crippen LogP contribution in [0.4, 0.5) is 4.39 Å². The molecule has 1 aromatic rings. The van der Waals surface area contributed by atoms with Gasteiger partial charge in [-0.15, -0.1) is 0 Å². The summed E-state index contributed by atoms with van der Waals surface area (Å²) in [7, 11) is 0. The van der Waals surface area contributed by atoms with Crippen molar-refractivity contribution in [2.75, 3.05) is 6.61 Å². The van der Waals surface area contributed by atoms with Crippen LogP contribution in [0.2, 0.25) is 0 Å². The Labute approximate surface area is 141 Å². The van der Waals surface area contributed by atoms with E-state index in [1.165, 1.54) is 51.4 Å². The fourth-order valence-corrected chi connectivity index (χ4v) is 3.79. The van der Waals surface area contributed by atoms with Crippen molar-refractivity contribution in [3.63, 3.8) is 0 Å². The largest absolute Gasteiger partial charge is 0.491 e. The minimum Gasteiger partial charge on any atom is -0.491 e. The molecule has 0 spiro atoms. The van der Waals surface area contributed by atoms with Gasteiger partial charge in [0, 0.05) is 0 Å². The molecule has 1 fully saturated rings. The lowest BCUT2D eigenvalue weighted by Gasteiger charge is -2.28. The molecular formula is C21H33FO. The zero-order valence-electron chi connectivity index (χ0n) is 15.0. The molecule has 130 valence electrons. The SMILES string of the molecule is CCCCCCOc1ccc(C2CCC(CCC)CC2)cc1F. The number of benzene rings is 1. The van der Waals surface area contributed by atoms with Gasteiger partial charge in [0.15, 0.2) is 11.6 Å². The number of unbranched alkanes of at least 4 members (excludes halogenated alkanes) is 3. The van der Waals surface area contributed by atoms with Crippen molar-refractivity contribution in [1.82, 2.24) is 0 Å². The first-order chi connectivity index (χ1) is 11.2. The van der Waals surface area contributed by atoms with Crippen molar-refractivity contribution in [3.8, 4) is 5.75 Å². The van der Waals surface area contributed by atoms with Gasteiger partial charge in [-0.3, -0.25) is 0 Å². The van der Waals surface area contributed by atoms with E-state index in [1.54, 1.807) is 6.07 Å². The standard InChI is InChI=1S/C21H33FO/c1-3-5-6-7-15-23-21-14-13-19(16-20(21)22)18-11-9-17(8-4-2)10-12-18/h13-14,16-18H,3-12,15H2,1-2H3. The molecule has 1 aromatic carbocycles. The van der Waals surface area contributed by atoms with E-state index in [0.717, 1.165) is 24.3 Å². The Bertz CT molecular complexity index is 449. The number of rotatable bonds is 9. The normalized spacial score (nSPS) is 21.3. The number of ether oxygens (including phenoxy) is 1. The Morgan fingerprint density at radius 2 is 1.78 bits per heavy atom. The third kappa shape index (κ3) is 5.82. The highest BCUT2D eigenvalue weighted by Gasteiger charge is 2.22. The van der Waals surface area contributed by atoms with Crippen LogP contribution in [0.25, 0.3) is 0 Å². The first-order valence-electron chi connectivity index (χ1n) is 9.66. The molecule has 2 rings (SSSR count). The zero-order chi connectivity index (χ0) is 16.5. The predicted octanol–water partition coefficient (Wildman–Crippen LogP) is 6.86. The van der Waals surface area contributed by atoms with E-state index in [0.29, 0.717) is 18.3 Å². The third-order valence-corrected chi connectivity index (χ3v) is 5.23. The van der Waals surface area contributed by atoms with E-state index < -0.39 is 0 Å². The summed E-state index contributed by atoms with van der Waals surface area (Å²) < 4.78 is 19.9. The van der Waals surface area contributed by atoms with Gasteiger partial charge in [0.2, 0.25) is 0 Å². The molecule has 2 heteroatoms. The van der Waals surface area contributed by atoms with Crippen LogP contribution in [0.5, 0.6) is 5.75 Å². The smallest absolute Gasteiger partial charge is 0.165 e. The fraction of sp³-hybridized carbons (Fsp3) is 0.714. The molecule has 1 aliphatic rings. The minimum absolute atomic E-state index is 0.186. The Hall–Kier alpha value is -1.05. The van der Waals surface area contributed by atoms with E-state index in [-0.39, 0.29) is 5.82 Å². The molecule has 1 aliphatic carbocycles. The summed E-state index contributed by atoms with van der Waals surface area (Å²) in [5.41, 5.74) is 1.16. The maximum absolute atomic E-state index is 14.3. The summed E-state index contributed by atoms with van der Waals surface area (Å²) >= 11 is 0. The molecule has 0 saturated heterocycles. The van der Waals surface area contributed by atoms with Crippen LogP contribution in [0.15, 0.2) is 18.2 Å². The second-order valence-corrected chi connectivity index (χ2v) is 7.11. The van der Waals surface area contributed by atoms with Gasteiger partial charge in [-0.1, -0.05) is 52.0 Å². The highest BCUT2D eigenvalue weighted by Crippen LogP contribution is 2.38. The van der Waals surface area contributed by atoms with E-state index in [2.05, 4.69) is 19.9 Å². The monoisotopic (exact) mass is 320 g/mol. The van der Waals surface area contributed by atoms with Crippen molar-refractivity contribution >= 4 is 0 Å². The van der Waals surface area contributed by atoms with Crippen LogP contribution in [0.1, 0.15) is 89.5 Å². The average molecular weight is 320 g/mol. The number of halogens is 1. The molecule has 23 heavy (non-hydrogen) atoms. The summed E-state index contributed by atoms with van der Waals surface area (Å²) in [5.74, 6) is 1.67. The van der Waals surface area contributed by atoms with Crippen molar-refractivity contribution in [3.05, 3.63) is 29.6 Å². The van der Waals surface area contributed by atoms with E-state index in [1.807, 2.05) is 6.07 Å². The van der Waals surface area contributed by atoms with Gasteiger partial charge in [-0.2, -0.15) is 0 Å². The molecule has 0 aliphatic heterocycles. The van der Waals surface area contributed by atoms with Crippen molar-refractivity contribution < 1.29 is 9.13 Å². The van der Waals surface area contributed by atoms with Gasteiger partial charge in [0.1, 0.15) is 0 Å². The second kappa shape index (κ2) is 9.95. The zero-order valence-corrected chi connectivity index (χ0v) is 15.0. The Morgan fingerprint density at radius 1 is 1.00 bits per heavy atom. The molecule has 0 aromatic heterocycles. The molecule has 0 N–H and O–H groups in total. The first kappa shape index (κ1) is 18.3. The van der Waals surface area contributed by atoms with Crippen molar-refractivity contribution in [2.45, 2.75) is 84.0 Å². The van der Waals surface area contributed by atoms with Gasteiger partial charge in [0.05, 0.1) is 6.61 Å². The maximum atomic E-state index is 14.3. The third-order valence-electron chi connectivity index (χ3n) is 5.23. The van der Waals surface area contributed by atoms with Crippen LogP contribution in [0, 0.1) is 11.7 Å². The van der Waals surface area contributed by atoms with E-state index in [9.17, 15) is 4.39 Å². The van der Waals surface area contributed by atoms with Crippen LogP contribution in [-0.4, -0.2) is 6.61 Å². The minimum atomic E-state index is -0.186. The number of hydrogen-bond acceptors (Lipinski definition) is 1. The van der Waals surface area contributed by atoms with E-state index >= 15 is 0 Å². The molecule has 0 unspecified atom stereocenters. The van der Waals surface area contributed by atoms with Gasteiger partial charge in [-0.05, 0) is 61.6 Å². The summed E-state index contributed by atoms with van der Waals surface area (Å²) in [4.78, 5) is 0. The van der Waals surface area contributed by atoms with E-state index in [4.69, 9.17) is 4.74 Å². The molecule has 1 saturated carbocycles. The average Bonchev–Trinajstić information content (AvgIpc) is 2.57. The molecular weight excluding hydrogens is 287 g/mol. The van der Waals surface area contributed by atoms with Gasteiger partial charge in [-0.25, -0.2) is 4.39 Å². The maximum Gasteiger partial charge on any atom is 0.165 e.